The Morgan fingerprint density at radius 3 is 2.29 bits per heavy atom. The van der Waals surface area contributed by atoms with Crippen molar-refractivity contribution in [2.24, 2.45) is 10.8 Å². The van der Waals surface area contributed by atoms with Crippen molar-refractivity contribution in [3.8, 4) is 10.6 Å². The summed E-state index contributed by atoms with van der Waals surface area (Å²) >= 11 is 0.711. The molecular weight excluding hydrogens is 435 g/mol. The molecule has 0 aliphatic rings. The summed E-state index contributed by atoms with van der Waals surface area (Å²) in [7, 11) is -6.34. The zero-order valence-electron chi connectivity index (χ0n) is 14.5. The number of alkyl halides is 3. The number of aromatic nitrogens is 2. The van der Waals surface area contributed by atoms with Crippen molar-refractivity contribution in [3.05, 3.63) is 54.2 Å². The highest BCUT2D eigenvalue weighted by atomic mass is 32.3. The first-order valence-corrected chi connectivity index (χ1v) is 11.8. The number of aryl methyl sites for hydroxylation is 1. The predicted octanol–water partition coefficient (Wildman–Crippen LogP) is 4.01. The Balaban J connectivity index is 2.00. The Bertz CT molecular complexity index is 1240. The van der Waals surface area contributed by atoms with Crippen LogP contribution in [-0.4, -0.2) is 28.7 Å². The molecule has 0 fully saturated rings. The maximum absolute atomic E-state index is 12.9. The summed E-state index contributed by atoms with van der Waals surface area (Å²) in [5, 5.41) is 3.79. The van der Waals surface area contributed by atoms with Gasteiger partial charge in [-0.3, -0.25) is 4.68 Å². The maximum Gasteiger partial charge on any atom is 0.433 e. The lowest BCUT2D eigenvalue weighted by molar-refractivity contribution is -0.143. The van der Waals surface area contributed by atoms with Crippen molar-refractivity contribution in [1.29, 1.82) is 0 Å². The zero-order valence-corrected chi connectivity index (χ0v) is 17.0. The molecule has 1 aromatic carbocycles. The van der Waals surface area contributed by atoms with E-state index in [-0.39, 0.29) is 19.7 Å². The SMILES string of the molecule is Cn1nc(-c2ccc(S(=O)(=O)N=[S@](C)(=O)c3ccccc3)s2)cc1C(F)(F)F. The molecule has 0 radical (unpaired) electrons. The number of rotatable bonds is 4. The lowest BCUT2D eigenvalue weighted by Gasteiger charge is -2.04. The maximum atomic E-state index is 12.9. The van der Waals surface area contributed by atoms with Gasteiger partial charge < -0.3 is 0 Å². The van der Waals surface area contributed by atoms with E-state index in [1.165, 1.54) is 30.5 Å². The number of thiophene rings is 1. The number of hydrogen-bond donors (Lipinski definition) is 0. The lowest BCUT2D eigenvalue weighted by Crippen LogP contribution is -2.11. The molecule has 150 valence electrons. The highest BCUT2D eigenvalue weighted by molar-refractivity contribution is 8.03. The van der Waals surface area contributed by atoms with Crippen LogP contribution in [0.15, 0.2) is 61.4 Å². The van der Waals surface area contributed by atoms with Crippen LogP contribution in [0.2, 0.25) is 0 Å². The van der Waals surface area contributed by atoms with Gasteiger partial charge in [0.25, 0.3) is 10.0 Å². The fraction of sp³-hybridized carbons (Fsp3) is 0.188. The van der Waals surface area contributed by atoms with Crippen molar-refractivity contribution in [2.75, 3.05) is 6.26 Å². The van der Waals surface area contributed by atoms with Gasteiger partial charge in [-0.1, -0.05) is 18.2 Å². The highest BCUT2D eigenvalue weighted by Crippen LogP contribution is 2.35. The van der Waals surface area contributed by atoms with Crippen LogP contribution in [0.3, 0.4) is 0 Å². The van der Waals surface area contributed by atoms with Gasteiger partial charge in [0.05, 0.1) is 14.6 Å². The van der Waals surface area contributed by atoms with Gasteiger partial charge in [0.1, 0.15) is 15.6 Å². The van der Waals surface area contributed by atoms with Gasteiger partial charge >= 0.3 is 6.18 Å². The molecule has 0 unspecified atom stereocenters. The monoisotopic (exact) mass is 449 g/mol. The van der Waals surface area contributed by atoms with E-state index in [0.717, 1.165) is 13.1 Å². The van der Waals surface area contributed by atoms with Crippen LogP contribution in [0.5, 0.6) is 0 Å². The molecule has 1 atom stereocenters. The number of hydrogen-bond acceptors (Lipinski definition) is 5. The first kappa shape index (κ1) is 20.6. The van der Waals surface area contributed by atoms with Gasteiger partial charge in [0.2, 0.25) is 0 Å². The molecule has 0 bridgehead atoms. The van der Waals surface area contributed by atoms with Crippen LogP contribution in [0.4, 0.5) is 13.2 Å². The number of halogens is 3. The largest absolute Gasteiger partial charge is 0.433 e. The molecule has 6 nitrogen and oxygen atoms in total. The van der Waals surface area contributed by atoms with Crippen molar-refractivity contribution >= 4 is 31.1 Å². The van der Waals surface area contributed by atoms with Gasteiger partial charge in [0.15, 0.2) is 0 Å². The molecule has 3 aromatic rings. The van der Waals surface area contributed by atoms with Crippen LogP contribution in [0, 0.1) is 0 Å². The topological polar surface area (TPSA) is 81.4 Å². The molecule has 28 heavy (non-hydrogen) atoms. The molecule has 0 aliphatic carbocycles. The molecule has 3 rings (SSSR count). The zero-order chi connectivity index (χ0) is 20.7. The van der Waals surface area contributed by atoms with Crippen molar-refractivity contribution < 1.29 is 25.8 Å². The number of sulfonamides is 1. The third kappa shape index (κ3) is 4.13. The third-order valence-corrected chi connectivity index (χ3v) is 9.18. The molecule has 0 aliphatic heterocycles. The molecule has 0 spiro atoms. The second-order valence-electron chi connectivity index (χ2n) is 5.82. The Morgan fingerprint density at radius 2 is 1.71 bits per heavy atom. The molecule has 12 heteroatoms. The summed E-state index contributed by atoms with van der Waals surface area (Å²) in [5.41, 5.74) is -0.966. The smallest absolute Gasteiger partial charge is 0.263 e. The van der Waals surface area contributed by atoms with Crippen LogP contribution in [-0.2, 0) is 33.0 Å². The molecular formula is C16H14F3N3O3S3. The van der Waals surface area contributed by atoms with Crippen LogP contribution >= 0.6 is 11.3 Å². The van der Waals surface area contributed by atoms with Crippen LogP contribution in [0.25, 0.3) is 10.6 Å². The second-order valence-corrected chi connectivity index (χ2v) is 11.2. The summed E-state index contributed by atoms with van der Waals surface area (Å²) in [6.07, 6.45) is -3.37. The molecule has 0 saturated heterocycles. The fourth-order valence-corrected chi connectivity index (χ4v) is 7.09. The molecule has 0 N–H and O–H groups in total. The van der Waals surface area contributed by atoms with Gasteiger partial charge in [-0.05, 0) is 30.3 Å². The van der Waals surface area contributed by atoms with Crippen LogP contribution in [0.1, 0.15) is 5.69 Å². The highest BCUT2D eigenvalue weighted by Gasteiger charge is 2.35. The van der Waals surface area contributed by atoms with E-state index in [1.54, 1.807) is 18.2 Å². The average Bonchev–Trinajstić information content (AvgIpc) is 3.21. The number of benzene rings is 1. The minimum Gasteiger partial charge on any atom is -0.263 e. The molecule has 0 saturated carbocycles. The van der Waals surface area contributed by atoms with Crippen molar-refractivity contribution in [1.82, 2.24) is 9.78 Å². The van der Waals surface area contributed by atoms with Gasteiger partial charge in [-0.2, -0.15) is 26.7 Å². The van der Waals surface area contributed by atoms with Gasteiger partial charge in [-0.15, -0.1) is 15.1 Å². The quantitative estimate of drug-likeness (QED) is 0.603. The van der Waals surface area contributed by atoms with E-state index in [1.807, 2.05) is 0 Å². The van der Waals surface area contributed by atoms with Crippen molar-refractivity contribution in [2.45, 2.75) is 15.3 Å². The first-order chi connectivity index (χ1) is 12.9. The average molecular weight is 450 g/mol. The van der Waals surface area contributed by atoms with Crippen LogP contribution < -0.4 is 0 Å². The molecule has 2 heterocycles. The summed E-state index contributed by atoms with van der Waals surface area (Å²) < 4.78 is 80.6. The Kier molecular flexibility index (Phi) is 5.15. The third-order valence-electron chi connectivity index (χ3n) is 3.68. The molecule has 0 amide bonds. The Labute approximate surface area is 163 Å². The fourth-order valence-electron chi connectivity index (χ4n) is 2.39. The minimum absolute atomic E-state index is 0.0124. The lowest BCUT2D eigenvalue weighted by atomic mass is 10.3. The van der Waals surface area contributed by atoms with Gasteiger partial charge in [0, 0.05) is 18.2 Å². The van der Waals surface area contributed by atoms with E-state index in [4.69, 9.17) is 0 Å². The van der Waals surface area contributed by atoms with E-state index < -0.39 is 31.6 Å². The Hall–Kier alpha value is -2.18. The van der Waals surface area contributed by atoms with E-state index in [9.17, 15) is 25.8 Å². The van der Waals surface area contributed by atoms with E-state index in [0.29, 0.717) is 16.0 Å². The predicted molar refractivity (Wildman–Crippen MR) is 99.9 cm³/mol. The normalized spacial score (nSPS) is 14.6. The summed E-state index contributed by atoms with van der Waals surface area (Å²) in [6, 6.07) is 11.3. The molecule has 2 aromatic heterocycles. The van der Waals surface area contributed by atoms with E-state index in [2.05, 4.69) is 8.87 Å². The first-order valence-electron chi connectivity index (χ1n) is 7.65. The van der Waals surface area contributed by atoms with E-state index >= 15 is 0 Å². The number of nitrogens with zero attached hydrogens (tertiary/aromatic N) is 3. The Morgan fingerprint density at radius 1 is 1.07 bits per heavy atom. The summed E-state index contributed by atoms with van der Waals surface area (Å²) in [5.74, 6) is 0. The minimum atomic E-state index is -4.58. The second kappa shape index (κ2) is 7.01. The summed E-state index contributed by atoms with van der Waals surface area (Å²) in [6.45, 7) is 0. The van der Waals surface area contributed by atoms with Gasteiger partial charge in [-0.25, -0.2) is 4.21 Å². The van der Waals surface area contributed by atoms with Crippen molar-refractivity contribution in [3.63, 3.8) is 0 Å². The standard InChI is InChI=1S/C16H14F3N3O3S3/c1-22-14(16(17,18)19)10-12(20-22)13-8-9-15(26-13)28(24,25)21-27(2,23)11-6-4-3-5-7-11/h3-10H,1-2H3/t27-/m1/s1. The summed E-state index contributed by atoms with van der Waals surface area (Å²) in [4.78, 5) is 0.483.